The average molecular weight is 281 g/mol. The lowest BCUT2D eigenvalue weighted by molar-refractivity contribution is 0.272. The molecule has 2 heteroatoms. The first-order chi connectivity index (χ1) is 9.54. The monoisotopic (exact) mass is 280 g/mol. The number of nitrogens with one attached hydrogen (secondary N) is 1. The van der Waals surface area contributed by atoms with E-state index in [1.807, 2.05) is 0 Å². The van der Waals surface area contributed by atoms with Gasteiger partial charge in [-0.25, -0.2) is 0 Å². The zero-order valence-corrected chi connectivity index (χ0v) is 14.3. The highest BCUT2D eigenvalue weighted by Crippen LogP contribution is 2.30. The summed E-state index contributed by atoms with van der Waals surface area (Å²) < 4.78 is 0. The van der Waals surface area contributed by atoms with Crippen molar-refractivity contribution in [2.75, 3.05) is 32.7 Å². The topological polar surface area (TPSA) is 15.3 Å². The lowest BCUT2D eigenvalue weighted by atomic mass is 9.83. The van der Waals surface area contributed by atoms with Crippen molar-refractivity contribution in [3.8, 4) is 0 Å². The van der Waals surface area contributed by atoms with E-state index in [-0.39, 0.29) is 0 Å². The van der Waals surface area contributed by atoms with Crippen LogP contribution in [0.5, 0.6) is 0 Å². The van der Waals surface area contributed by atoms with Crippen LogP contribution in [0.25, 0.3) is 0 Å². The molecule has 1 rings (SSSR count). The maximum Gasteiger partial charge on any atom is 0.0166 e. The van der Waals surface area contributed by atoms with Gasteiger partial charge in [-0.2, -0.15) is 0 Å². The van der Waals surface area contributed by atoms with E-state index in [0.29, 0.717) is 5.41 Å². The van der Waals surface area contributed by atoms with Crippen molar-refractivity contribution in [1.29, 1.82) is 0 Å². The molecule has 0 amide bonds. The Balaban J connectivity index is 2.01. The summed E-state index contributed by atoms with van der Waals surface area (Å²) in [5.74, 6) is 0. The van der Waals surface area contributed by atoms with Crippen LogP contribution >= 0.6 is 0 Å². The summed E-state index contributed by atoms with van der Waals surface area (Å²) in [5.41, 5.74) is 2.02. The van der Waals surface area contributed by atoms with Gasteiger partial charge in [-0.1, -0.05) is 52.2 Å². The van der Waals surface area contributed by atoms with Crippen LogP contribution in [0.2, 0.25) is 0 Å². The number of hydrogen-bond donors (Lipinski definition) is 1. The summed E-state index contributed by atoms with van der Waals surface area (Å²) in [6.45, 7) is 15.3. The standard InChI is InChI=1S/C18H36N2/c1-5-12-19-13-8-6-7-9-14-20-15-10-17(11-16-20)18(2,3)4/h10,19H,5-9,11-16H2,1-4H3. The van der Waals surface area contributed by atoms with Crippen LogP contribution in [0.1, 0.15) is 66.2 Å². The molecule has 1 aliphatic rings. The molecule has 0 aromatic rings. The Hall–Kier alpha value is -0.340. The van der Waals surface area contributed by atoms with Crippen molar-refractivity contribution in [3.63, 3.8) is 0 Å². The maximum absolute atomic E-state index is 3.48. The van der Waals surface area contributed by atoms with E-state index in [4.69, 9.17) is 0 Å². The SMILES string of the molecule is CCCNCCCCCCN1CC=C(C(C)(C)C)CC1. The largest absolute Gasteiger partial charge is 0.317 e. The van der Waals surface area contributed by atoms with Crippen LogP contribution in [0.4, 0.5) is 0 Å². The minimum absolute atomic E-state index is 0.373. The first-order valence-corrected chi connectivity index (χ1v) is 8.66. The quantitative estimate of drug-likeness (QED) is 0.502. The van der Waals surface area contributed by atoms with E-state index >= 15 is 0 Å². The third-order valence-electron chi connectivity index (χ3n) is 4.26. The van der Waals surface area contributed by atoms with Gasteiger partial charge < -0.3 is 5.32 Å². The van der Waals surface area contributed by atoms with Gasteiger partial charge in [0.05, 0.1) is 0 Å². The first-order valence-electron chi connectivity index (χ1n) is 8.66. The van der Waals surface area contributed by atoms with E-state index in [1.54, 1.807) is 5.57 Å². The van der Waals surface area contributed by atoms with Crippen LogP contribution in [0.15, 0.2) is 11.6 Å². The van der Waals surface area contributed by atoms with Crippen molar-refractivity contribution in [2.45, 2.75) is 66.2 Å². The number of rotatable bonds is 9. The van der Waals surface area contributed by atoms with E-state index in [9.17, 15) is 0 Å². The van der Waals surface area contributed by atoms with E-state index in [1.165, 1.54) is 71.2 Å². The first kappa shape index (κ1) is 17.7. The number of nitrogens with zero attached hydrogens (tertiary/aromatic N) is 1. The predicted molar refractivity (Wildman–Crippen MR) is 90.2 cm³/mol. The van der Waals surface area contributed by atoms with Crippen molar-refractivity contribution in [1.82, 2.24) is 10.2 Å². The highest BCUT2D eigenvalue weighted by molar-refractivity contribution is 5.14. The van der Waals surface area contributed by atoms with Crippen LogP contribution in [0.3, 0.4) is 0 Å². The molecule has 118 valence electrons. The molecule has 0 aromatic heterocycles. The van der Waals surface area contributed by atoms with Gasteiger partial charge >= 0.3 is 0 Å². The van der Waals surface area contributed by atoms with Crippen molar-refractivity contribution in [3.05, 3.63) is 11.6 Å². The molecule has 0 fully saturated rings. The Bertz CT molecular complexity index is 276. The molecule has 0 aromatic carbocycles. The van der Waals surface area contributed by atoms with Crippen molar-refractivity contribution < 1.29 is 0 Å². The van der Waals surface area contributed by atoms with Gasteiger partial charge in [0.2, 0.25) is 0 Å². The normalized spacial score (nSPS) is 17.3. The van der Waals surface area contributed by atoms with E-state index in [2.05, 4.69) is 44.0 Å². The summed E-state index contributed by atoms with van der Waals surface area (Å²) in [4.78, 5) is 2.62. The van der Waals surface area contributed by atoms with Crippen LogP contribution in [0, 0.1) is 5.41 Å². The smallest absolute Gasteiger partial charge is 0.0166 e. The molecule has 1 aliphatic heterocycles. The second kappa shape index (κ2) is 9.57. The molecule has 0 bridgehead atoms. The number of unbranched alkanes of at least 4 members (excludes halogenated alkanes) is 3. The van der Waals surface area contributed by atoms with Gasteiger partial charge in [0, 0.05) is 13.1 Å². The molecule has 0 atom stereocenters. The Labute approximate surface area is 127 Å². The molecular formula is C18H36N2. The van der Waals surface area contributed by atoms with Crippen molar-refractivity contribution in [2.24, 2.45) is 5.41 Å². The molecule has 0 spiro atoms. The van der Waals surface area contributed by atoms with Gasteiger partial charge in [-0.3, -0.25) is 4.90 Å². The third-order valence-corrected chi connectivity index (χ3v) is 4.26. The third kappa shape index (κ3) is 7.44. The fourth-order valence-electron chi connectivity index (χ4n) is 2.84. The molecule has 1 N–H and O–H groups in total. The zero-order chi connectivity index (χ0) is 14.8. The minimum atomic E-state index is 0.373. The average Bonchev–Trinajstić information content (AvgIpc) is 2.41. The summed E-state index contributed by atoms with van der Waals surface area (Å²) >= 11 is 0. The molecule has 0 saturated heterocycles. The molecule has 20 heavy (non-hydrogen) atoms. The Morgan fingerprint density at radius 3 is 2.45 bits per heavy atom. The second-order valence-corrected chi connectivity index (χ2v) is 7.19. The molecular weight excluding hydrogens is 244 g/mol. The lowest BCUT2D eigenvalue weighted by Gasteiger charge is -2.32. The highest BCUT2D eigenvalue weighted by atomic mass is 15.1. The van der Waals surface area contributed by atoms with Crippen LogP contribution in [-0.4, -0.2) is 37.6 Å². The fourth-order valence-corrected chi connectivity index (χ4v) is 2.84. The summed E-state index contributed by atoms with van der Waals surface area (Å²) in [6, 6.07) is 0. The van der Waals surface area contributed by atoms with E-state index in [0.717, 1.165) is 0 Å². The molecule has 1 heterocycles. The molecule has 0 unspecified atom stereocenters. The maximum atomic E-state index is 3.48. The predicted octanol–water partition coefficient (Wildman–Crippen LogP) is 4.22. The number of hydrogen-bond acceptors (Lipinski definition) is 2. The van der Waals surface area contributed by atoms with Gasteiger partial charge in [0.25, 0.3) is 0 Å². The fraction of sp³-hybridized carbons (Fsp3) is 0.889. The summed E-state index contributed by atoms with van der Waals surface area (Å²) in [5, 5.41) is 3.48. The Morgan fingerprint density at radius 2 is 1.85 bits per heavy atom. The van der Waals surface area contributed by atoms with Gasteiger partial charge in [-0.15, -0.1) is 0 Å². The zero-order valence-electron chi connectivity index (χ0n) is 14.3. The van der Waals surface area contributed by atoms with E-state index < -0.39 is 0 Å². The molecule has 0 aliphatic carbocycles. The molecule has 0 radical (unpaired) electrons. The molecule has 2 nitrogen and oxygen atoms in total. The van der Waals surface area contributed by atoms with Gasteiger partial charge in [0.15, 0.2) is 0 Å². The van der Waals surface area contributed by atoms with Gasteiger partial charge in [-0.05, 0) is 50.7 Å². The lowest BCUT2D eigenvalue weighted by Crippen LogP contribution is -2.32. The minimum Gasteiger partial charge on any atom is -0.317 e. The highest BCUT2D eigenvalue weighted by Gasteiger charge is 2.20. The van der Waals surface area contributed by atoms with Crippen molar-refractivity contribution >= 4 is 0 Å². The Morgan fingerprint density at radius 1 is 1.10 bits per heavy atom. The summed E-state index contributed by atoms with van der Waals surface area (Å²) in [6.07, 6.45) is 10.5. The van der Waals surface area contributed by atoms with Crippen LogP contribution in [-0.2, 0) is 0 Å². The van der Waals surface area contributed by atoms with Gasteiger partial charge in [0.1, 0.15) is 0 Å². The Kier molecular flexibility index (Phi) is 8.47. The summed E-state index contributed by atoms with van der Waals surface area (Å²) in [7, 11) is 0. The molecule has 0 saturated carbocycles. The van der Waals surface area contributed by atoms with Crippen LogP contribution < -0.4 is 5.32 Å². The second-order valence-electron chi connectivity index (χ2n) is 7.19.